The maximum atomic E-state index is 14.0. The minimum atomic E-state index is -0.738. The number of aryl methyl sites for hydroxylation is 2. The molecule has 0 saturated heterocycles. The number of thiophene rings is 1. The van der Waals surface area contributed by atoms with Crippen molar-refractivity contribution in [2.45, 2.75) is 33.4 Å². The van der Waals surface area contributed by atoms with Crippen LogP contribution in [0.1, 0.15) is 27.7 Å². The average molecular weight is 438 g/mol. The zero-order valence-electron chi connectivity index (χ0n) is 16.4. The summed E-state index contributed by atoms with van der Waals surface area (Å²) in [5.74, 6) is -2.10. The number of aromatic nitrogens is 2. The largest absolute Gasteiger partial charge is 0.462 e. The lowest BCUT2D eigenvalue weighted by molar-refractivity contribution is 0.0531. The Morgan fingerprint density at radius 3 is 2.43 bits per heavy atom. The molecule has 0 unspecified atom stereocenters. The number of carbonyl (C=O) groups is 1. The van der Waals surface area contributed by atoms with Crippen LogP contribution < -0.4 is 11.2 Å². The fourth-order valence-electron chi connectivity index (χ4n) is 3.28. The average Bonchev–Trinajstić information content (AvgIpc) is 3.04. The van der Waals surface area contributed by atoms with Crippen molar-refractivity contribution in [3.8, 4) is 0 Å². The van der Waals surface area contributed by atoms with Crippen molar-refractivity contribution in [2.75, 3.05) is 13.2 Å². The number of hydrogen-bond acceptors (Lipinski definition) is 6. The first-order valence-electron chi connectivity index (χ1n) is 9.29. The van der Waals surface area contributed by atoms with Gasteiger partial charge >= 0.3 is 11.7 Å². The molecule has 0 fully saturated rings. The Kier molecular flexibility index (Phi) is 6.47. The second-order valence-corrected chi connectivity index (χ2v) is 7.52. The van der Waals surface area contributed by atoms with Crippen molar-refractivity contribution in [1.29, 1.82) is 0 Å². The summed E-state index contributed by atoms with van der Waals surface area (Å²) >= 11 is 0.922. The topological polar surface area (TPSA) is 90.5 Å². The van der Waals surface area contributed by atoms with E-state index in [9.17, 15) is 28.3 Å². The maximum Gasteiger partial charge on any atom is 0.348 e. The molecule has 1 N–H and O–H groups in total. The van der Waals surface area contributed by atoms with E-state index in [4.69, 9.17) is 4.74 Å². The Bertz CT molecular complexity index is 1210. The van der Waals surface area contributed by atoms with Crippen LogP contribution in [0.15, 0.2) is 27.8 Å². The van der Waals surface area contributed by atoms with E-state index in [0.717, 1.165) is 28.0 Å². The summed E-state index contributed by atoms with van der Waals surface area (Å²) in [5.41, 5.74) is -1.19. The molecule has 2 aromatic heterocycles. The first kappa shape index (κ1) is 21.8. The Labute approximate surface area is 173 Å². The second-order valence-electron chi connectivity index (χ2n) is 6.52. The van der Waals surface area contributed by atoms with Gasteiger partial charge < -0.3 is 9.84 Å². The lowest BCUT2D eigenvalue weighted by Gasteiger charge is -2.12. The van der Waals surface area contributed by atoms with E-state index in [1.807, 2.05) is 0 Å². The van der Waals surface area contributed by atoms with Gasteiger partial charge in [-0.2, -0.15) is 0 Å². The third-order valence-corrected chi connectivity index (χ3v) is 6.02. The van der Waals surface area contributed by atoms with Crippen molar-refractivity contribution >= 4 is 27.5 Å². The normalized spacial score (nSPS) is 11.2. The number of ether oxygens (including phenoxy) is 1. The SMILES string of the molecule is CCOC(=O)c1sc2c(c1C)c(=O)n(CCO)c(=O)n2CCc1c(F)cccc1F. The van der Waals surface area contributed by atoms with Crippen LogP contribution in [0.5, 0.6) is 0 Å². The van der Waals surface area contributed by atoms with Crippen molar-refractivity contribution in [3.05, 3.63) is 66.7 Å². The standard InChI is InChI=1S/C20H20F2N2O5S/c1-3-29-19(27)16-11(2)15-17(26)23(9-10-25)20(28)24(18(15)30-16)8-7-12-13(21)5-4-6-14(12)22/h4-6,25H,3,7-10H2,1-2H3. The van der Waals surface area contributed by atoms with E-state index >= 15 is 0 Å². The van der Waals surface area contributed by atoms with Crippen molar-refractivity contribution < 1.29 is 23.4 Å². The zero-order chi connectivity index (χ0) is 22.0. The molecule has 10 heteroatoms. The van der Waals surface area contributed by atoms with E-state index in [-0.39, 0.29) is 46.8 Å². The number of halogens is 2. The first-order valence-corrected chi connectivity index (χ1v) is 10.1. The molecule has 0 atom stereocenters. The molecule has 0 aliphatic heterocycles. The maximum absolute atomic E-state index is 14.0. The van der Waals surface area contributed by atoms with Crippen molar-refractivity contribution in [3.63, 3.8) is 0 Å². The van der Waals surface area contributed by atoms with E-state index in [1.54, 1.807) is 13.8 Å². The Hall–Kier alpha value is -2.85. The van der Waals surface area contributed by atoms with Gasteiger partial charge in [-0.1, -0.05) is 6.07 Å². The van der Waals surface area contributed by atoms with Gasteiger partial charge in [-0.15, -0.1) is 11.3 Å². The van der Waals surface area contributed by atoms with Crippen LogP contribution in [0.25, 0.3) is 10.2 Å². The number of hydrogen-bond donors (Lipinski definition) is 1. The molecule has 0 aliphatic carbocycles. The van der Waals surface area contributed by atoms with Gasteiger partial charge in [0.15, 0.2) is 0 Å². The van der Waals surface area contributed by atoms with Crippen LogP contribution in [0.3, 0.4) is 0 Å². The Morgan fingerprint density at radius 2 is 1.83 bits per heavy atom. The molecule has 0 amide bonds. The van der Waals surface area contributed by atoms with Crippen LogP contribution >= 0.6 is 11.3 Å². The lowest BCUT2D eigenvalue weighted by atomic mass is 10.1. The van der Waals surface area contributed by atoms with Gasteiger partial charge in [0.2, 0.25) is 0 Å². The molecule has 0 radical (unpaired) electrons. The van der Waals surface area contributed by atoms with Gasteiger partial charge in [-0.05, 0) is 38.0 Å². The van der Waals surface area contributed by atoms with Gasteiger partial charge in [0.1, 0.15) is 21.3 Å². The van der Waals surface area contributed by atoms with Gasteiger partial charge in [0, 0.05) is 12.1 Å². The highest BCUT2D eigenvalue weighted by atomic mass is 32.1. The lowest BCUT2D eigenvalue weighted by Crippen LogP contribution is -2.40. The van der Waals surface area contributed by atoms with E-state index < -0.39 is 35.5 Å². The Balaban J connectivity index is 2.21. The van der Waals surface area contributed by atoms with E-state index in [2.05, 4.69) is 0 Å². The summed E-state index contributed by atoms with van der Waals surface area (Å²) in [6.45, 7) is 2.54. The fraction of sp³-hybridized carbons (Fsp3) is 0.350. The molecular weight excluding hydrogens is 418 g/mol. The molecule has 2 heterocycles. The van der Waals surface area contributed by atoms with Crippen molar-refractivity contribution in [1.82, 2.24) is 9.13 Å². The van der Waals surface area contributed by atoms with Gasteiger partial charge in [-0.3, -0.25) is 13.9 Å². The molecule has 0 aliphatic rings. The van der Waals surface area contributed by atoms with Crippen LogP contribution in [-0.2, 0) is 24.2 Å². The molecule has 0 saturated carbocycles. The molecule has 3 aromatic rings. The van der Waals surface area contributed by atoms with E-state index in [0.29, 0.717) is 5.56 Å². The van der Waals surface area contributed by atoms with Crippen LogP contribution in [0.2, 0.25) is 0 Å². The number of fused-ring (bicyclic) bond motifs is 1. The predicted octanol–water partition coefficient (Wildman–Crippen LogP) is 2.22. The molecular formula is C20H20F2N2O5S. The number of nitrogens with zero attached hydrogens (tertiary/aromatic N) is 2. The minimum absolute atomic E-state index is 0.124. The highest BCUT2D eigenvalue weighted by Gasteiger charge is 2.24. The summed E-state index contributed by atoms with van der Waals surface area (Å²) < 4.78 is 35.1. The third kappa shape index (κ3) is 3.80. The van der Waals surface area contributed by atoms with Crippen molar-refractivity contribution in [2.24, 2.45) is 0 Å². The van der Waals surface area contributed by atoms with Gasteiger partial charge in [0.05, 0.1) is 25.1 Å². The van der Waals surface area contributed by atoms with Crippen LogP contribution in [0, 0.1) is 18.6 Å². The van der Waals surface area contributed by atoms with E-state index in [1.165, 1.54) is 10.6 Å². The van der Waals surface area contributed by atoms with Gasteiger partial charge in [0.25, 0.3) is 5.56 Å². The predicted molar refractivity (Wildman–Crippen MR) is 108 cm³/mol. The monoisotopic (exact) mass is 438 g/mol. The smallest absolute Gasteiger partial charge is 0.348 e. The second kappa shape index (κ2) is 8.88. The Morgan fingerprint density at radius 1 is 1.17 bits per heavy atom. The summed E-state index contributed by atoms with van der Waals surface area (Å²) in [6.07, 6.45) is -0.142. The minimum Gasteiger partial charge on any atom is -0.462 e. The number of esters is 1. The van der Waals surface area contributed by atoms with Crippen LogP contribution in [0.4, 0.5) is 8.78 Å². The number of aliphatic hydroxyl groups is 1. The summed E-state index contributed by atoms with van der Waals surface area (Å²) in [4.78, 5) is 38.5. The first-order chi connectivity index (χ1) is 14.3. The fourth-order valence-corrected chi connectivity index (χ4v) is 4.49. The van der Waals surface area contributed by atoms with Crippen LogP contribution in [-0.4, -0.2) is 33.4 Å². The molecule has 30 heavy (non-hydrogen) atoms. The number of rotatable bonds is 7. The summed E-state index contributed by atoms with van der Waals surface area (Å²) in [7, 11) is 0. The highest BCUT2D eigenvalue weighted by Crippen LogP contribution is 2.29. The molecule has 0 bridgehead atoms. The summed E-state index contributed by atoms with van der Waals surface area (Å²) in [5, 5.41) is 9.41. The summed E-state index contributed by atoms with van der Waals surface area (Å²) in [6, 6.07) is 3.49. The highest BCUT2D eigenvalue weighted by molar-refractivity contribution is 7.20. The molecule has 160 valence electrons. The molecule has 3 rings (SSSR count). The number of benzene rings is 1. The zero-order valence-corrected chi connectivity index (χ0v) is 17.2. The molecule has 0 spiro atoms. The quantitative estimate of drug-likeness (QED) is 0.572. The molecule has 7 nitrogen and oxygen atoms in total. The molecule has 1 aromatic carbocycles. The number of aliphatic hydroxyl groups excluding tert-OH is 1. The van der Waals surface area contributed by atoms with Gasteiger partial charge in [-0.25, -0.2) is 18.4 Å². The third-order valence-electron chi connectivity index (χ3n) is 4.73. The number of carbonyl (C=O) groups excluding carboxylic acids is 1.